The van der Waals surface area contributed by atoms with E-state index in [0.717, 1.165) is 55.7 Å². The summed E-state index contributed by atoms with van der Waals surface area (Å²) in [6.07, 6.45) is 0. The average Bonchev–Trinajstić information content (AvgIpc) is 3.99. The molecule has 63 heavy (non-hydrogen) atoms. The first kappa shape index (κ1) is 35.4. The third kappa shape index (κ3) is 5.27. The first-order chi connectivity index (χ1) is 31.2. The predicted molar refractivity (Wildman–Crippen MR) is 254 cm³/mol. The van der Waals surface area contributed by atoms with E-state index in [1.54, 1.807) is 0 Å². The van der Waals surface area contributed by atoms with E-state index in [1.807, 2.05) is 72.8 Å². The molecule has 0 saturated carbocycles. The van der Waals surface area contributed by atoms with Crippen LogP contribution in [0, 0.1) is 0 Å². The van der Waals surface area contributed by atoms with Crippen molar-refractivity contribution in [1.29, 1.82) is 0 Å². The second-order valence-corrected chi connectivity index (χ2v) is 16.3. The summed E-state index contributed by atoms with van der Waals surface area (Å²) >= 11 is 0. The maximum atomic E-state index is 6.76. The van der Waals surface area contributed by atoms with Crippen LogP contribution in [0.3, 0.4) is 0 Å². The van der Waals surface area contributed by atoms with Crippen LogP contribution in [-0.2, 0) is 5.41 Å². The third-order valence-corrected chi connectivity index (χ3v) is 12.9. The fourth-order valence-electron chi connectivity index (χ4n) is 10.3. The van der Waals surface area contributed by atoms with Crippen molar-refractivity contribution in [3.63, 3.8) is 0 Å². The van der Waals surface area contributed by atoms with Gasteiger partial charge in [0.25, 0.3) is 0 Å². The summed E-state index contributed by atoms with van der Waals surface area (Å²) in [7, 11) is 0. The SMILES string of the molecule is c1ccc(-c2nc(-c3ccccc3)nc(-c3cccc4oc5cc(N(c6ccccc6)c6ccc7c(c6)-c6ccccc6C76c7ccccc7-c7ccccc76)ccc5c34)n2)cc1. The van der Waals surface area contributed by atoms with Crippen LogP contribution in [0.1, 0.15) is 22.3 Å². The normalized spacial score (nSPS) is 12.9. The van der Waals surface area contributed by atoms with E-state index in [9.17, 15) is 0 Å². The molecular formula is C58H36N4O. The van der Waals surface area contributed by atoms with Gasteiger partial charge in [0.2, 0.25) is 0 Å². The molecule has 0 bridgehead atoms. The number of furan rings is 1. The molecule has 0 saturated heterocycles. The molecule has 0 fully saturated rings. The predicted octanol–water partition coefficient (Wildman–Crippen LogP) is 14.6. The Bertz CT molecular complexity index is 3480. The molecule has 2 heterocycles. The van der Waals surface area contributed by atoms with Crippen molar-refractivity contribution in [2.45, 2.75) is 5.41 Å². The Morgan fingerprint density at radius 1 is 0.333 bits per heavy atom. The number of hydrogen-bond donors (Lipinski definition) is 0. The van der Waals surface area contributed by atoms with Gasteiger partial charge in [0, 0.05) is 50.6 Å². The standard InChI is InChI=1S/C58H36N4O/c1-4-17-37(18-5-1)55-59-56(38-19-6-2-7-20-38)61-57(60-55)46-26-16-30-52-54(46)45-33-31-41(36-53(45)63-52)62(39-21-8-3-9-22-39)40-32-34-51-47(35-40)44-25-12-15-29-50(44)58(51)48-27-13-10-23-42(48)43-24-11-14-28-49(43)58/h1-36H. The lowest BCUT2D eigenvalue weighted by Crippen LogP contribution is -2.25. The van der Waals surface area contributed by atoms with Crippen LogP contribution >= 0.6 is 0 Å². The highest BCUT2D eigenvalue weighted by Gasteiger charge is 2.51. The zero-order valence-electron chi connectivity index (χ0n) is 34.0. The number of benzene rings is 9. The van der Waals surface area contributed by atoms with Gasteiger partial charge in [0.1, 0.15) is 11.2 Å². The van der Waals surface area contributed by atoms with Gasteiger partial charge >= 0.3 is 0 Å². The van der Waals surface area contributed by atoms with Crippen LogP contribution in [0.4, 0.5) is 17.1 Å². The third-order valence-electron chi connectivity index (χ3n) is 12.9. The smallest absolute Gasteiger partial charge is 0.164 e. The quantitative estimate of drug-likeness (QED) is 0.168. The monoisotopic (exact) mass is 804 g/mol. The van der Waals surface area contributed by atoms with Crippen LogP contribution in [0.15, 0.2) is 223 Å². The second kappa shape index (κ2) is 13.8. The van der Waals surface area contributed by atoms with Crippen LogP contribution < -0.4 is 4.90 Å². The number of nitrogens with zero attached hydrogens (tertiary/aromatic N) is 4. The van der Waals surface area contributed by atoms with Crippen molar-refractivity contribution >= 4 is 39.0 Å². The summed E-state index contributed by atoms with van der Waals surface area (Å²) in [4.78, 5) is 17.4. The number of rotatable bonds is 6. The molecule has 0 atom stereocenters. The molecule has 11 aromatic rings. The van der Waals surface area contributed by atoms with E-state index < -0.39 is 5.41 Å². The minimum atomic E-state index is -0.400. The molecule has 1 spiro atoms. The van der Waals surface area contributed by atoms with Crippen LogP contribution in [0.2, 0.25) is 0 Å². The molecule has 9 aromatic carbocycles. The van der Waals surface area contributed by atoms with Crippen LogP contribution in [-0.4, -0.2) is 15.0 Å². The van der Waals surface area contributed by atoms with Crippen molar-refractivity contribution in [3.05, 3.63) is 241 Å². The highest BCUT2D eigenvalue weighted by molar-refractivity contribution is 6.12. The van der Waals surface area contributed by atoms with E-state index in [1.165, 1.54) is 44.5 Å². The lowest BCUT2D eigenvalue weighted by molar-refractivity contribution is 0.669. The van der Waals surface area contributed by atoms with Gasteiger partial charge in [-0.3, -0.25) is 0 Å². The van der Waals surface area contributed by atoms with Gasteiger partial charge in [0.05, 0.1) is 5.41 Å². The summed E-state index contributed by atoms with van der Waals surface area (Å²) in [6, 6.07) is 77.3. The molecule has 0 radical (unpaired) electrons. The van der Waals surface area contributed by atoms with E-state index in [2.05, 4.69) is 150 Å². The molecule has 0 unspecified atom stereocenters. The van der Waals surface area contributed by atoms with E-state index in [-0.39, 0.29) is 0 Å². The molecule has 13 rings (SSSR count). The zero-order valence-corrected chi connectivity index (χ0v) is 34.0. The molecule has 2 aliphatic carbocycles. The van der Waals surface area contributed by atoms with E-state index in [4.69, 9.17) is 19.4 Å². The molecule has 294 valence electrons. The molecule has 5 nitrogen and oxygen atoms in total. The van der Waals surface area contributed by atoms with Gasteiger partial charge in [-0.1, -0.05) is 170 Å². The number of hydrogen-bond acceptors (Lipinski definition) is 5. The number of fused-ring (bicyclic) bond motifs is 13. The largest absolute Gasteiger partial charge is 0.456 e. The highest BCUT2D eigenvalue weighted by atomic mass is 16.3. The summed E-state index contributed by atoms with van der Waals surface area (Å²) in [5.74, 6) is 1.83. The fourth-order valence-corrected chi connectivity index (χ4v) is 10.3. The molecule has 2 aromatic heterocycles. The van der Waals surface area contributed by atoms with Crippen molar-refractivity contribution in [3.8, 4) is 56.4 Å². The Morgan fingerprint density at radius 3 is 1.43 bits per heavy atom. The topological polar surface area (TPSA) is 55.1 Å². The Morgan fingerprint density at radius 2 is 0.810 bits per heavy atom. The maximum absolute atomic E-state index is 6.76. The van der Waals surface area contributed by atoms with Crippen molar-refractivity contribution < 1.29 is 4.42 Å². The minimum absolute atomic E-state index is 0.400. The van der Waals surface area contributed by atoms with Gasteiger partial charge < -0.3 is 9.32 Å². The summed E-state index contributed by atoms with van der Waals surface area (Å²) in [6.45, 7) is 0. The molecular weight excluding hydrogens is 769 g/mol. The zero-order chi connectivity index (χ0) is 41.5. The Labute approximate surface area is 364 Å². The Hall–Kier alpha value is -8.41. The molecule has 0 N–H and O–H groups in total. The van der Waals surface area contributed by atoms with Crippen LogP contribution in [0.5, 0.6) is 0 Å². The Balaban J connectivity index is 0.976. The Kier molecular flexibility index (Phi) is 7.75. The van der Waals surface area contributed by atoms with Crippen molar-refractivity contribution in [2.75, 3.05) is 4.90 Å². The summed E-state index contributed by atoms with van der Waals surface area (Å²) < 4.78 is 6.76. The molecule has 0 aliphatic heterocycles. The van der Waals surface area contributed by atoms with Gasteiger partial charge in [-0.05, 0) is 87.0 Å². The number of anilines is 3. The van der Waals surface area contributed by atoms with Gasteiger partial charge in [-0.25, -0.2) is 15.0 Å². The molecule has 0 amide bonds. The maximum Gasteiger partial charge on any atom is 0.164 e. The van der Waals surface area contributed by atoms with Gasteiger partial charge in [-0.2, -0.15) is 0 Å². The first-order valence-electron chi connectivity index (χ1n) is 21.4. The van der Waals surface area contributed by atoms with E-state index >= 15 is 0 Å². The number of para-hydroxylation sites is 1. The summed E-state index contributed by atoms with van der Waals surface area (Å²) in [5.41, 5.74) is 17.4. The highest BCUT2D eigenvalue weighted by Crippen LogP contribution is 2.63. The van der Waals surface area contributed by atoms with Gasteiger partial charge in [-0.15, -0.1) is 0 Å². The van der Waals surface area contributed by atoms with Crippen molar-refractivity contribution in [2.24, 2.45) is 0 Å². The fraction of sp³-hybridized carbons (Fsp3) is 0.0172. The van der Waals surface area contributed by atoms with Crippen LogP contribution in [0.25, 0.3) is 78.4 Å². The summed E-state index contributed by atoms with van der Waals surface area (Å²) in [5, 5.41) is 1.95. The van der Waals surface area contributed by atoms with E-state index in [0.29, 0.717) is 17.5 Å². The second-order valence-electron chi connectivity index (χ2n) is 16.3. The minimum Gasteiger partial charge on any atom is -0.456 e. The molecule has 5 heteroatoms. The average molecular weight is 805 g/mol. The lowest BCUT2D eigenvalue weighted by atomic mass is 9.70. The van der Waals surface area contributed by atoms with Gasteiger partial charge in [0.15, 0.2) is 17.5 Å². The molecule has 2 aliphatic rings. The lowest BCUT2D eigenvalue weighted by Gasteiger charge is -2.31. The van der Waals surface area contributed by atoms with Crippen molar-refractivity contribution in [1.82, 2.24) is 15.0 Å². The number of aromatic nitrogens is 3. The first-order valence-corrected chi connectivity index (χ1v) is 21.4.